The van der Waals surface area contributed by atoms with Gasteiger partial charge >= 0.3 is 29.6 Å². The van der Waals surface area contributed by atoms with Crippen molar-refractivity contribution in [3.8, 4) is 5.75 Å². The van der Waals surface area contributed by atoms with Crippen LogP contribution in [0, 0.1) is 17.0 Å². The Morgan fingerprint density at radius 3 is 2.45 bits per heavy atom. The monoisotopic (exact) mass is 311 g/mol. The van der Waals surface area contributed by atoms with Gasteiger partial charge in [0.05, 0.1) is 21.6 Å². The molecule has 0 unspecified atom stereocenters. The number of hydrogen-bond acceptors (Lipinski definition) is 6. The number of unbranched alkanes of at least 4 members (excludes halogenated alkanes) is 1. The molecule has 20 heavy (non-hydrogen) atoms. The summed E-state index contributed by atoms with van der Waals surface area (Å²) < 4.78 is 36.4. The quantitative estimate of drug-likeness (QED) is 0.202. The maximum absolute atomic E-state index is 10.6. The van der Waals surface area contributed by atoms with Gasteiger partial charge in [0.25, 0.3) is 5.69 Å². The molecule has 0 aliphatic carbocycles. The summed E-state index contributed by atoms with van der Waals surface area (Å²) >= 11 is 0. The van der Waals surface area contributed by atoms with Crippen molar-refractivity contribution in [3.63, 3.8) is 0 Å². The molecule has 0 aromatic heterocycles. The van der Waals surface area contributed by atoms with Crippen LogP contribution in [0.1, 0.15) is 18.4 Å². The molecule has 0 heterocycles. The molecule has 0 bridgehead atoms. The van der Waals surface area contributed by atoms with Gasteiger partial charge in [0.15, 0.2) is 0 Å². The van der Waals surface area contributed by atoms with Crippen LogP contribution in [0.5, 0.6) is 5.75 Å². The van der Waals surface area contributed by atoms with Crippen molar-refractivity contribution in [1.82, 2.24) is 0 Å². The van der Waals surface area contributed by atoms with Crippen LogP contribution >= 0.6 is 0 Å². The molecular formula is C11H14NNaO6S. The smallest absolute Gasteiger partial charge is 0.748 e. The summed E-state index contributed by atoms with van der Waals surface area (Å²) in [6, 6.07) is 4.38. The maximum atomic E-state index is 10.6. The summed E-state index contributed by atoms with van der Waals surface area (Å²) in [5, 5.41) is 10.6. The molecule has 0 aliphatic heterocycles. The second kappa shape index (κ2) is 8.58. The summed E-state index contributed by atoms with van der Waals surface area (Å²) in [5.74, 6) is 0.0726. The molecule has 7 nitrogen and oxygen atoms in total. The Bertz CT molecular complexity index is 560. The van der Waals surface area contributed by atoms with Crippen LogP contribution in [0.25, 0.3) is 0 Å². The fraction of sp³-hybridized carbons (Fsp3) is 0.455. The number of hydrogen-bond donors (Lipinski definition) is 0. The first-order valence-electron chi connectivity index (χ1n) is 5.61. The summed E-state index contributed by atoms with van der Waals surface area (Å²) in [7, 11) is -4.17. The van der Waals surface area contributed by atoms with Gasteiger partial charge in [-0.25, -0.2) is 8.42 Å². The standard InChI is InChI=1S/C11H15NO6S.Na/c1-9-8-10(4-5-11(9)12(13)14)18-6-2-3-7-19(15,16)17;/h4-5,8H,2-3,6-7H2,1H3,(H,15,16,17);/q;+1/p-1. The first-order valence-corrected chi connectivity index (χ1v) is 7.19. The van der Waals surface area contributed by atoms with Gasteiger partial charge in [0, 0.05) is 17.4 Å². The van der Waals surface area contributed by atoms with E-state index in [0.29, 0.717) is 17.7 Å². The SMILES string of the molecule is Cc1cc(OCCCCS(=O)(=O)[O-])ccc1[N+](=O)[O-].[Na+]. The van der Waals surface area contributed by atoms with Crippen LogP contribution in [-0.4, -0.2) is 30.3 Å². The van der Waals surface area contributed by atoms with Crippen LogP contribution in [0.15, 0.2) is 18.2 Å². The first-order chi connectivity index (χ1) is 8.79. The molecule has 0 saturated heterocycles. The molecule has 0 aliphatic rings. The molecule has 0 radical (unpaired) electrons. The van der Waals surface area contributed by atoms with Crippen molar-refractivity contribution in [3.05, 3.63) is 33.9 Å². The van der Waals surface area contributed by atoms with Crippen LogP contribution in [-0.2, 0) is 10.1 Å². The Kier molecular flexibility index (Phi) is 8.29. The van der Waals surface area contributed by atoms with Gasteiger partial charge in [-0.05, 0) is 31.9 Å². The molecule has 0 fully saturated rings. The fourth-order valence-corrected chi connectivity index (χ4v) is 2.05. The maximum Gasteiger partial charge on any atom is 1.00 e. The average Bonchev–Trinajstić information content (AvgIpc) is 2.26. The van der Waals surface area contributed by atoms with E-state index in [0.717, 1.165) is 0 Å². The third-order valence-corrected chi connectivity index (χ3v) is 3.21. The zero-order valence-corrected chi connectivity index (χ0v) is 14.2. The minimum absolute atomic E-state index is 0. The van der Waals surface area contributed by atoms with Gasteiger partial charge in [0.2, 0.25) is 0 Å². The predicted molar refractivity (Wildman–Crippen MR) is 67.1 cm³/mol. The zero-order valence-electron chi connectivity index (χ0n) is 11.4. The Morgan fingerprint density at radius 2 is 1.95 bits per heavy atom. The van der Waals surface area contributed by atoms with Crippen molar-refractivity contribution in [1.29, 1.82) is 0 Å². The molecule has 9 heteroatoms. The zero-order chi connectivity index (χ0) is 14.5. The largest absolute Gasteiger partial charge is 1.00 e. The van der Waals surface area contributed by atoms with E-state index >= 15 is 0 Å². The minimum atomic E-state index is -4.17. The summed E-state index contributed by atoms with van der Waals surface area (Å²) in [4.78, 5) is 10.1. The van der Waals surface area contributed by atoms with E-state index in [2.05, 4.69) is 0 Å². The van der Waals surface area contributed by atoms with Crippen molar-refractivity contribution < 1.29 is 52.2 Å². The number of nitro groups is 1. The Hall–Kier alpha value is -0.670. The molecule has 1 rings (SSSR count). The van der Waals surface area contributed by atoms with Crippen LogP contribution in [0.4, 0.5) is 5.69 Å². The van der Waals surface area contributed by atoms with E-state index in [9.17, 15) is 23.1 Å². The van der Waals surface area contributed by atoms with E-state index in [4.69, 9.17) is 4.74 Å². The number of nitro benzene ring substituents is 1. The second-order valence-corrected chi connectivity index (χ2v) is 5.55. The molecule has 1 aromatic rings. The van der Waals surface area contributed by atoms with Crippen molar-refractivity contribution >= 4 is 15.8 Å². The third kappa shape index (κ3) is 7.20. The van der Waals surface area contributed by atoms with E-state index < -0.39 is 20.8 Å². The van der Waals surface area contributed by atoms with Gasteiger partial charge < -0.3 is 9.29 Å². The predicted octanol–water partition coefficient (Wildman–Crippen LogP) is -1.39. The second-order valence-electron chi connectivity index (χ2n) is 4.02. The molecule has 0 amide bonds. The van der Waals surface area contributed by atoms with E-state index in [-0.39, 0.29) is 48.3 Å². The topological polar surface area (TPSA) is 110 Å². The summed E-state index contributed by atoms with van der Waals surface area (Å²) in [6.07, 6.45) is 0.662. The molecule has 0 atom stereocenters. The number of nitrogens with zero attached hydrogens (tertiary/aromatic N) is 1. The van der Waals surface area contributed by atoms with Crippen LogP contribution in [0.3, 0.4) is 0 Å². The van der Waals surface area contributed by atoms with E-state index in [1.807, 2.05) is 0 Å². The molecular weight excluding hydrogens is 297 g/mol. The van der Waals surface area contributed by atoms with E-state index in [1.165, 1.54) is 12.1 Å². The Morgan fingerprint density at radius 1 is 1.30 bits per heavy atom. The van der Waals surface area contributed by atoms with Crippen molar-refractivity contribution in [2.24, 2.45) is 0 Å². The van der Waals surface area contributed by atoms with Gasteiger partial charge in [-0.2, -0.15) is 0 Å². The van der Waals surface area contributed by atoms with Gasteiger partial charge in [0.1, 0.15) is 5.75 Å². The van der Waals surface area contributed by atoms with Gasteiger partial charge in [-0.15, -0.1) is 0 Å². The van der Waals surface area contributed by atoms with Crippen molar-refractivity contribution in [2.45, 2.75) is 19.8 Å². The molecule has 0 saturated carbocycles. The summed E-state index contributed by atoms with van der Waals surface area (Å²) in [5.41, 5.74) is 0.509. The van der Waals surface area contributed by atoms with Crippen LogP contribution < -0.4 is 34.3 Å². The Balaban J connectivity index is 0.00000361. The van der Waals surface area contributed by atoms with Crippen molar-refractivity contribution in [2.75, 3.05) is 12.4 Å². The minimum Gasteiger partial charge on any atom is -0.748 e. The number of ether oxygens (including phenoxy) is 1. The summed E-state index contributed by atoms with van der Waals surface area (Å²) in [6.45, 7) is 1.86. The van der Waals surface area contributed by atoms with Gasteiger partial charge in [-0.3, -0.25) is 10.1 Å². The normalized spacial score (nSPS) is 10.7. The van der Waals surface area contributed by atoms with E-state index in [1.54, 1.807) is 13.0 Å². The molecule has 0 N–H and O–H groups in total. The molecule has 1 aromatic carbocycles. The average molecular weight is 311 g/mol. The number of benzene rings is 1. The number of rotatable bonds is 7. The first kappa shape index (κ1) is 19.3. The Labute approximate surface area is 139 Å². The van der Waals surface area contributed by atoms with Gasteiger partial charge in [-0.1, -0.05) is 0 Å². The number of aryl methyl sites for hydroxylation is 1. The fourth-order valence-electron chi connectivity index (χ4n) is 1.49. The third-order valence-electron chi connectivity index (χ3n) is 2.42. The van der Waals surface area contributed by atoms with Crippen LogP contribution in [0.2, 0.25) is 0 Å². The molecule has 106 valence electrons. The molecule has 0 spiro atoms.